The Bertz CT molecular complexity index is 410. The molecule has 1 aromatic rings. The normalized spacial score (nSPS) is 22.8. The first-order chi connectivity index (χ1) is 9.19. The van der Waals surface area contributed by atoms with Crippen molar-refractivity contribution in [1.82, 2.24) is 15.5 Å². The first-order valence-corrected chi connectivity index (χ1v) is 7.07. The predicted octanol–water partition coefficient (Wildman–Crippen LogP) is 2.22. The Labute approximate surface area is 114 Å². The SMILES string of the molecule is CCNC(=O)c1ccc(NC2CCC(C)CC2)nn1. The molecule has 0 saturated heterocycles. The fourth-order valence-corrected chi connectivity index (χ4v) is 2.40. The van der Waals surface area contributed by atoms with Gasteiger partial charge in [-0.2, -0.15) is 0 Å². The molecule has 0 aliphatic heterocycles. The highest BCUT2D eigenvalue weighted by molar-refractivity contribution is 5.92. The van der Waals surface area contributed by atoms with Crippen LogP contribution in [0, 0.1) is 5.92 Å². The molecule has 1 saturated carbocycles. The number of amides is 1. The summed E-state index contributed by atoms with van der Waals surface area (Å²) in [5.74, 6) is 1.42. The van der Waals surface area contributed by atoms with Gasteiger partial charge in [0.15, 0.2) is 5.69 Å². The minimum Gasteiger partial charge on any atom is -0.366 e. The molecule has 104 valence electrons. The van der Waals surface area contributed by atoms with Crippen LogP contribution in [-0.4, -0.2) is 28.7 Å². The van der Waals surface area contributed by atoms with E-state index in [-0.39, 0.29) is 5.91 Å². The maximum absolute atomic E-state index is 11.5. The number of anilines is 1. The third kappa shape index (κ3) is 3.91. The van der Waals surface area contributed by atoms with E-state index in [0.29, 0.717) is 18.3 Å². The zero-order valence-electron chi connectivity index (χ0n) is 11.6. The first kappa shape index (κ1) is 13.8. The Kier molecular flexibility index (Phi) is 4.71. The van der Waals surface area contributed by atoms with Crippen molar-refractivity contribution in [3.8, 4) is 0 Å². The lowest BCUT2D eigenvalue weighted by Crippen LogP contribution is -2.26. The van der Waals surface area contributed by atoms with E-state index in [1.54, 1.807) is 6.07 Å². The summed E-state index contributed by atoms with van der Waals surface area (Å²) in [5.41, 5.74) is 0.365. The number of carbonyl (C=O) groups is 1. The van der Waals surface area contributed by atoms with Gasteiger partial charge in [-0.1, -0.05) is 6.92 Å². The smallest absolute Gasteiger partial charge is 0.271 e. The minimum atomic E-state index is -0.173. The van der Waals surface area contributed by atoms with Gasteiger partial charge in [-0.05, 0) is 50.7 Å². The van der Waals surface area contributed by atoms with Crippen LogP contribution >= 0.6 is 0 Å². The van der Waals surface area contributed by atoms with Gasteiger partial charge in [0, 0.05) is 12.6 Å². The summed E-state index contributed by atoms with van der Waals surface area (Å²) < 4.78 is 0. The van der Waals surface area contributed by atoms with Gasteiger partial charge in [0.05, 0.1) is 0 Å². The van der Waals surface area contributed by atoms with Crippen LogP contribution in [0.4, 0.5) is 5.82 Å². The third-order valence-electron chi connectivity index (χ3n) is 3.60. The van der Waals surface area contributed by atoms with Gasteiger partial charge in [-0.25, -0.2) is 0 Å². The van der Waals surface area contributed by atoms with Crippen LogP contribution < -0.4 is 10.6 Å². The summed E-state index contributed by atoms with van der Waals surface area (Å²) in [5, 5.41) is 14.1. The molecular weight excluding hydrogens is 240 g/mol. The summed E-state index contributed by atoms with van der Waals surface area (Å²) in [4.78, 5) is 11.5. The van der Waals surface area contributed by atoms with Crippen molar-refractivity contribution in [2.45, 2.75) is 45.6 Å². The molecule has 2 rings (SSSR count). The maximum Gasteiger partial charge on any atom is 0.271 e. The second-order valence-electron chi connectivity index (χ2n) is 5.26. The van der Waals surface area contributed by atoms with Crippen LogP contribution in [-0.2, 0) is 0 Å². The molecule has 1 aliphatic carbocycles. The van der Waals surface area contributed by atoms with Crippen LogP contribution in [0.2, 0.25) is 0 Å². The van der Waals surface area contributed by atoms with Gasteiger partial charge in [0.25, 0.3) is 5.91 Å². The molecule has 0 atom stereocenters. The third-order valence-corrected chi connectivity index (χ3v) is 3.60. The fraction of sp³-hybridized carbons (Fsp3) is 0.643. The van der Waals surface area contributed by atoms with Crippen molar-refractivity contribution in [2.75, 3.05) is 11.9 Å². The predicted molar refractivity (Wildman–Crippen MR) is 75.1 cm³/mol. The van der Waals surface area contributed by atoms with Crippen LogP contribution in [0.15, 0.2) is 12.1 Å². The molecule has 1 aliphatic rings. The van der Waals surface area contributed by atoms with Crippen molar-refractivity contribution in [3.63, 3.8) is 0 Å². The molecule has 19 heavy (non-hydrogen) atoms. The highest BCUT2D eigenvalue weighted by Crippen LogP contribution is 2.25. The zero-order valence-corrected chi connectivity index (χ0v) is 11.6. The average Bonchev–Trinajstić information content (AvgIpc) is 2.42. The number of hydrogen-bond acceptors (Lipinski definition) is 4. The zero-order chi connectivity index (χ0) is 13.7. The molecule has 0 radical (unpaired) electrons. The van der Waals surface area contributed by atoms with Crippen molar-refractivity contribution in [2.24, 2.45) is 5.92 Å². The molecule has 0 spiro atoms. The van der Waals surface area contributed by atoms with Crippen LogP contribution in [0.5, 0.6) is 0 Å². The summed E-state index contributed by atoms with van der Waals surface area (Å²) >= 11 is 0. The van der Waals surface area contributed by atoms with Crippen molar-refractivity contribution >= 4 is 11.7 Å². The fourth-order valence-electron chi connectivity index (χ4n) is 2.40. The van der Waals surface area contributed by atoms with Crippen LogP contribution in [0.25, 0.3) is 0 Å². The highest BCUT2D eigenvalue weighted by Gasteiger charge is 2.18. The molecule has 5 heteroatoms. The lowest BCUT2D eigenvalue weighted by molar-refractivity contribution is 0.0950. The molecular formula is C14H22N4O. The summed E-state index contributed by atoms with van der Waals surface area (Å²) in [6.45, 7) is 4.78. The number of nitrogens with one attached hydrogen (secondary N) is 2. The lowest BCUT2D eigenvalue weighted by atomic mass is 9.87. The average molecular weight is 262 g/mol. The number of hydrogen-bond donors (Lipinski definition) is 2. The second kappa shape index (κ2) is 6.50. The Balaban J connectivity index is 1.90. The molecule has 1 heterocycles. The lowest BCUT2D eigenvalue weighted by Gasteiger charge is -2.27. The van der Waals surface area contributed by atoms with E-state index in [9.17, 15) is 4.79 Å². The summed E-state index contributed by atoms with van der Waals surface area (Å²) in [7, 11) is 0. The first-order valence-electron chi connectivity index (χ1n) is 7.07. The Morgan fingerprint density at radius 1 is 1.26 bits per heavy atom. The Hall–Kier alpha value is -1.65. The van der Waals surface area contributed by atoms with E-state index >= 15 is 0 Å². The van der Waals surface area contributed by atoms with E-state index in [0.717, 1.165) is 11.7 Å². The van der Waals surface area contributed by atoms with E-state index in [4.69, 9.17) is 0 Å². The topological polar surface area (TPSA) is 66.9 Å². The van der Waals surface area contributed by atoms with Gasteiger partial charge < -0.3 is 10.6 Å². The Morgan fingerprint density at radius 3 is 2.58 bits per heavy atom. The second-order valence-corrected chi connectivity index (χ2v) is 5.26. The monoisotopic (exact) mass is 262 g/mol. The Morgan fingerprint density at radius 2 is 2.00 bits per heavy atom. The van der Waals surface area contributed by atoms with Gasteiger partial charge >= 0.3 is 0 Å². The van der Waals surface area contributed by atoms with Gasteiger partial charge in [-0.3, -0.25) is 4.79 Å². The van der Waals surface area contributed by atoms with Crippen molar-refractivity contribution in [1.29, 1.82) is 0 Å². The van der Waals surface area contributed by atoms with Gasteiger partial charge in [0.2, 0.25) is 0 Å². The standard InChI is InChI=1S/C14H22N4O/c1-3-15-14(19)12-8-9-13(18-17-12)16-11-6-4-10(2)5-7-11/h8-11H,3-7H2,1-2H3,(H,15,19)(H,16,18). The number of aromatic nitrogens is 2. The van der Waals surface area contributed by atoms with Gasteiger partial charge in [-0.15, -0.1) is 10.2 Å². The molecule has 0 aromatic carbocycles. The summed E-state index contributed by atoms with van der Waals surface area (Å²) in [6, 6.07) is 4.03. The molecule has 2 N–H and O–H groups in total. The quantitative estimate of drug-likeness (QED) is 0.873. The van der Waals surface area contributed by atoms with E-state index < -0.39 is 0 Å². The highest BCUT2D eigenvalue weighted by atomic mass is 16.1. The minimum absolute atomic E-state index is 0.173. The number of rotatable bonds is 4. The summed E-state index contributed by atoms with van der Waals surface area (Å²) in [6.07, 6.45) is 4.89. The van der Waals surface area contributed by atoms with E-state index in [1.165, 1.54) is 25.7 Å². The van der Waals surface area contributed by atoms with Crippen LogP contribution in [0.1, 0.15) is 50.0 Å². The van der Waals surface area contributed by atoms with Crippen molar-refractivity contribution < 1.29 is 4.79 Å². The molecule has 0 unspecified atom stereocenters. The molecule has 1 amide bonds. The van der Waals surface area contributed by atoms with Gasteiger partial charge in [0.1, 0.15) is 5.82 Å². The number of nitrogens with zero attached hydrogens (tertiary/aromatic N) is 2. The molecule has 5 nitrogen and oxygen atoms in total. The van der Waals surface area contributed by atoms with E-state index in [2.05, 4.69) is 27.8 Å². The largest absolute Gasteiger partial charge is 0.366 e. The van der Waals surface area contributed by atoms with Crippen LogP contribution in [0.3, 0.4) is 0 Å². The molecule has 0 bridgehead atoms. The molecule has 1 aromatic heterocycles. The number of carbonyl (C=O) groups excluding carboxylic acids is 1. The van der Waals surface area contributed by atoms with Crippen molar-refractivity contribution in [3.05, 3.63) is 17.8 Å². The van der Waals surface area contributed by atoms with E-state index in [1.807, 2.05) is 13.0 Å². The molecule has 1 fully saturated rings. The maximum atomic E-state index is 11.5.